The minimum absolute atomic E-state index is 0.0652. The Morgan fingerprint density at radius 3 is 2.74 bits per heavy atom. The van der Waals surface area contributed by atoms with Crippen molar-refractivity contribution in [2.24, 2.45) is 0 Å². The third kappa shape index (κ3) is 3.38. The summed E-state index contributed by atoms with van der Waals surface area (Å²) in [5.74, 6) is 1.94. The molecule has 9 heteroatoms. The molecule has 0 aliphatic heterocycles. The Hall–Kier alpha value is -3.28. The lowest BCUT2D eigenvalue weighted by Crippen LogP contribution is -2.44. The number of carbonyl (C=O) groups excluding carboxylic acids is 1. The van der Waals surface area contributed by atoms with E-state index in [-0.39, 0.29) is 22.7 Å². The number of carbonyl (C=O) groups is 1. The molecule has 0 saturated carbocycles. The fraction of sp³-hybridized carbons (Fsp3) is 0.278. The van der Waals surface area contributed by atoms with Crippen LogP contribution in [0.15, 0.2) is 35.1 Å². The molecule has 1 atom stereocenters. The lowest BCUT2D eigenvalue weighted by molar-refractivity contribution is -0.142. The van der Waals surface area contributed by atoms with Crippen LogP contribution in [-0.4, -0.2) is 26.0 Å². The molecule has 0 aliphatic carbocycles. The average molecular weight is 376 g/mol. The van der Waals surface area contributed by atoms with Crippen LogP contribution in [0.1, 0.15) is 36.3 Å². The Balaban J connectivity index is 2.18. The summed E-state index contributed by atoms with van der Waals surface area (Å²) >= 11 is 0. The minimum atomic E-state index is -4.71. The van der Waals surface area contributed by atoms with Gasteiger partial charge in [0.05, 0.1) is 18.0 Å². The molecule has 3 aromatic rings. The third-order valence-corrected chi connectivity index (χ3v) is 4.20. The molecule has 0 aliphatic rings. The van der Waals surface area contributed by atoms with Crippen molar-refractivity contribution < 1.29 is 22.4 Å². The fourth-order valence-corrected chi connectivity index (χ4v) is 2.42. The summed E-state index contributed by atoms with van der Waals surface area (Å²) in [5, 5.41) is 6.33. The lowest BCUT2D eigenvalue weighted by atomic mass is 10.00. The number of terminal acetylenes is 1. The van der Waals surface area contributed by atoms with Gasteiger partial charge in [0.25, 0.3) is 5.91 Å². The molecule has 3 aromatic heterocycles. The molecule has 6 nitrogen and oxygen atoms in total. The van der Waals surface area contributed by atoms with E-state index in [0.29, 0.717) is 10.9 Å². The molecular formula is C18H15F3N4O2. The van der Waals surface area contributed by atoms with Crippen molar-refractivity contribution in [2.75, 3.05) is 0 Å². The van der Waals surface area contributed by atoms with Gasteiger partial charge in [-0.15, -0.1) is 6.42 Å². The van der Waals surface area contributed by atoms with Gasteiger partial charge in [-0.3, -0.25) is 4.79 Å². The molecule has 0 saturated heterocycles. The average Bonchev–Trinajstić information content (AvgIpc) is 3.29. The van der Waals surface area contributed by atoms with Gasteiger partial charge in [0.2, 0.25) is 0 Å². The first-order valence-electron chi connectivity index (χ1n) is 7.98. The zero-order valence-electron chi connectivity index (χ0n) is 14.5. The van der Waals surface area contributed by atoms with E-state index in [9.17, 15) is 18.0 Å². The van der Waals surface area contributed by atoms with Crippen LogP contribution in [0.5, 0.6) is 0 Å². The van der Waals surface area contributed by atoms with Crippen LogP contribution < -0.4 is 5.32 Å². The minimum Gasteiger partial charge on any atom is -0.463 e. The highest BCUT2D eigenvalue weighted by atomic mass is 19.4. The van der Waals surface area contributed by atoms with Crippen molar-refractivity contribution in [3.05, 3.63) is 41.9 Å². The van der Waals surface area contributed by atoms with Crippen molar-refractivity contribution in [2.45, 2.75) is 32.0 Å². The fourth-order valence-electron chi connectivity index (χ4n) is 2.42. The lowest BCUT2D eigenvalue weighted by Gasteiger charge is -2.22. The first-order valence-corrected chi connectivity index (χ1v) is 7.98. The van der Waals surface area contributed by atoms with Crippen LogP contribution >= 0.6 is 0 Å². The number of rotatable bonds is 4. The van der Waals surface area contributed by atoms with Crippen LogP contribution in [0.2, 0.25) is 0 Å². The van der Waals surface area contributed by atoms with Crippen LogP contribution in [-0.2, 0) is 6.18 Å². The number of aromatic nitrogens is 3. The Labute approximate surface area is 152 Å². The molecular weight excluding hydrogens is 361 g/mol. The Morgan fingerprint density at radius 1 is 1.44 bits per heavy atom. The number of hydrogen-bond donors (Lipinski definition) is 1. The monoisotopic (exact) mass is 376 g/mol. The van der Waals surface area contributed by atoms with Gasteiger partial charge >= 0.3 is 6.18 Å². The van der Waals surface area contributed by atoms with Gasteiger partial charge in [-0.2, -0.15) is 18.3 Å². The zero-order chi connectivity index (χ0) is 19.8. The van der Waals surface area contributed by atoms with Gasteiger partial charge in [0, 0.05) is 0 Å². The highest BCUT2D eigenvalue weighted by molar-refractivity contribution is 6.00. The van der Waals surface area contributed by atoms with E-state index in [0.717, 1.165) is 12.3 Å². The van der Waals surface area contributed by atoms with E-state index in [2.05, 4.69) is 21.3 Å². The predicted octanol–water partition coefficient (Wildman–Crippen LogP) is 3.54. The van der Waals surface area contributed by atoms with E-state index >= 15 is 0 Å². The van der Waals surface area contributed by atoms with Crippen molar-refractivity contribution in [1.29, 1.82) is 0 Å². The smallest absolute Gasteiger partial charge is 0.433 e. The molecule has 0 unspecified atom stereocenters. The van der Waals surface area contributed by atoms with Gasteiger partial charge in [0.15, 0.2) is 17.1 Å². The summed E-state index contributed by atoms with van der Waals surface area (Å²) < 4.78 is 46.2. The van der Waals surface area contributed by atoms with Crippen LogP contribution in [0, 0.1) is 12.3 Å². The molecule has 3 heterocycles. The zero-order valence-corrected chi connectivity index (χ0v) is 14.5. The molecule has 1 amide bonds. The summed E-state index contributed by atoms with van der Waals surface area (Å²) in [5.41, 5.74) is -2.46. The maximum atomic E-state index is 13.5. The van der Waals surface area contributed by atoms with Crippen molar-refractivity contribution in [3.8, 4) is 23.8 Å². The highest BCUT2D eigenvalue weighted by Gasteiger charge is 2.36. The molecule has 3 rings (SSSR count). The number of alkyl halides is 3. The number of hydrogen-bond acceptors (Lipinski definition) is 4. The van der Waals surface area contributed by atoms with Crippen LogP contribution in [0.25, 0.3) is 17.1 Å². The summed E-state index contributed by atoms with van der Waals surface area (Å²) in [6.45, 7) is 3.42. The van der Waals surface area contributed by atoms with Gasteiger partial charge < -0.3 is 9.73 Å². The molecule has 0 radical (unpaired) electrons. The molecule has 0 fully saturated rings. The second-order valence-corrected chi connectivity index (χ2v) is 6.08. The second kappa shape index (κ2) is 6.46. The summed E-state index contributed by atoms with van der Waals surface area (Å²) in [6.07, 6.45) is 3.52. The highest BCUT2D eigenvalue weighted by Crippen LogP contribution is 2.32. The first kappa shape index (κ1) is 18.5. The van der Waals surface area contributed by atoms with Gasteiger partial charge in [-0.25, -0.2) is 9.50 Å². The van der Waals surface area contributed by atoms with Gasteiger partial charge in [-0.05, 0) is 31.5 Å². The van der Waals surface area contributed by atoms with Crippen molar-refractivity contribution in [3.63, 3.8) is 0 Å². The second-order valence-electron chi connectivity index (χ2n) is 6.08. The number of nitrogens with zero attached hydrogens (tertiary/aromatic N) is 3. The molecule has 0 bridgehead atoms. The molecule has 27 heavy (non-hydrogen) atoms. The number of halogens is 3. The number of furan rings is 1. The SMILES string of the molecule is C#C[C@](C)(CC)NC(=O)c1cnn2c(C(F)(F)F)cc(-c3ccco3)nc12. The van der Waals surface area contributed by atoms with Crippen LogP contribution in [0.4, 0.5) is 13.2 Å². The molecule has 0 aromatic carbocycles. The predicted molar refractivity (Wildman–Crippen MR) is 90.7 cm³/mol. The maximum absolute atomic E-state index is 13.5. The summed E-state index contributed by atoms with van der Waals surface area (Å²) in [7, 11) is 0. The number of amides is 1. The summed E-state index contributed by atoms with van der Waals surface area (Å²) in [6, 6.07) is 3.82. The van der Waals surface area contributed by atoms with Crippen molar-refractivity contribution >= 4 is 11.6 Å². The van der Waals surface area contributed by atoms with E-state index in [4.69, 9.17) is 10.8 Å². The first-order chi connectivity index (χ1) is 12.7. The Morgan fingerprint density at radius 2 is 2.19 bits per heavy atom. The number of fused-ring (bicyclic) bond motifs is 1. The van der Waals surface area contributed by atoms with Gasteiger partial charge in [-0.1, -0.05) is 12.8 Å². The van der Waals surface area contributed by atoms with Gasteiger partial charge in [0.1, 0.15) is 11.3 Å². The Bertz CT molecular complexity index is 1030. The largest absolute Gasteiger partial charge is 0.463 e. The topological polar surface area (TPSA) is 72.4 Å². The molecule has 1 N–H and O–H groups in total. The number of nitrogens with one attached hydrogen (secondary N) is 1. The quantitative estimate of drug-likeness (QED) is 0.707. The molecule has 140 valence electrons. The maximum Gasteiger partial charge on any atom is 0.433 e. The van der Waals surface area contributed by atoms with E-state index in [1.54, 1.807) is 13.8 Å². The van der Waals surface area contributed by atoms with Crippen LogP contribution in [0.3, 0.4) is 0 Å². The third-order valence-electron chi connectivity index (χ3n) is 4.20. The van der Waals surface area contributed by atoms with Crippen molar-refractivity contribution in [1.82, 2.24) is 19.9 Å². The van der Waals surface area contributed by atoms with E-state index < -0.39 is 23.3 Å². The normalized spacial score (nSPS) is 13.9. The van der Waals surface area contributed by atoms with E-state index in [1.165, 1.54) is 18.4 Å². The summed E-state index contributed by atoms with van der Waals surface area (Å²) in [4.78, 5) is 16.8. The standard InChI is InChI=1S/C18H15F3N4O2/c1-4-17(3,5-2)24-16(26)11-10-22-25-14(18(19,20)21)9-12(23-15(11)25)13-7-6-8-27-13/h1,6-10H,5H2,2-3H3,(H,24,26)/t17-/m1/s1. The molecule has 0 spiro atoms. The van der Waals surface area contributed by atoms with E-state index in [1.807, 2.05) is 0 Å². The Kier molecular flexibility index (Phi) is 4.43.